The molecule has 0 saturated carbocycles. The van der Waals surface area contributed by atoms with Gasteiger partial charge in [0.1, 0.15) is 12.3 Å². The predicted octanol–water partition coefficient (Wildman–Crippen LogP) is 5.28. The Kier molecular flexibility index (Phi) is 10.6. The van der Waals surface area contributed by atoms with Gasteiger partial charge in [0.25, 0.3) is 0 Å². The van der Waals surface area contributed by atoms with Crippen molar-refractivity contribution < 1.29 is 14.4 Å². The third-order valence-corrected chi connectivity index (χ3v) is 7.07. The molecule has 3 aromatic carbocycles. The zero-order valence-electron chi connectivity index (χ0n) is 23.6. The van der Waals surface area contributed by atoms with Crippen molar-refractivity contribution in [2.75, 3.05) is 0 Å². The maximum absolute atomic E-state index is 13.9. The van der Waals surface area contributed by atoms with Crippen LogP contribution in [0, 0.1) is 11.8 Å². The first-order chi connectivity index (χ1) is 19.9. The molecular formula is C34H38N4O3. The molecule has 1 heterocycles. The van der Waals surface area contributed by atoms with Gasteiger partial charge in [0, 0.05) is 18.5 Å². The number of nitrogens with zero attached hydrogens (tertiary/aromatic N) is 1. The van der Waals surface area contributed by atoms with Crippen molar-refractivity contribution in [1.29, 1.82) is 0 Å². The van der Waals surface area contributed by atoms with E-state index in [1.807, 2.05) is 74.5 Å². The molecule has 0 aliphatic rings. The molecular weight excluding hydrogens is 512 g/mol. The molecule has 3 atom stereocenters. The first-order valence-corrected chi connectivity index (χ1v) is 14.1. The van der Waals surface area contributed by atoms with Crippen molar-refractivity contribution >= 4 is 34.9 Å². The van der Waals surface area contributed by atoms with E-state index in [9.17, 15) is 14.4 Å². The molecule has 0 spiro atoms. The standard InChI is InChI=1S/C34H38N4O3/c1-24(2)18-30(22-39)37-34(41)32(20-29-21-35-23-36-29)38-33(40)28(16-8-12-25-10-4-3-5-11-25)19-27-15-9-14-26-13-6-7-17-31(26)27/h3-15,17,21-24,28,30,32H,16,18-20H2,1-2H3,(H,35,36)(H,37,41)(H,38,40)/t28?,30-,32-/m0/s1. The molecule has 4 rings (SSSR count). The molecule has 7 heteroatoms. The van der Waals surface area contributed by atoms with Crippen LogP contribution in [0.3, 0.4) is 0 Å². The number of benzene rings is 3. The van der Waals surface area contributed by atoms with E-state index in [0.717, 1.165) is 28.2 Å². The van der Waals surface area contributed by atoms with Crippen LogP contribution in [0.1, 0.15) is 43.5 Å². The predicted molar refractivity (Wildman–Crippen MR) is 163 cm³/mol. The number of fused-ring (bicyclic) bond motifs is 1. The minimum Gasteiger partial charge on any atom is -0.351 e. The summed E-state index contributed by atoms with van der Waals surface area (Å²) in [6.07, 6.45) is 9.74. The number of hydrogen-bond donors (Lipinski definition) is 3. The van der Waals surface area contributed by atoms with Crippen molar-refractivity contribution in [2.45, 2.75) is 51.6 Å². The highest BCUT2D eigenvalue weighted by atomic mass is 16.2. The van der Waals surface area contributed by atoms with Crippen molar-refractivity contribution in [3.63, 3.8) is 0 Å². The number of amides is 2. The number of nitrogens with one attached hydrogen (secondary N) is 3. The fourth-order valence-corrected chi connectivity index (χ4v) is 5.00. The summed E-state index contributed by atoms with van der Waals surface area (Å²) in [4.78, 5) is 46.1. The summed E-state index contributed by atoms with van der Waals surface area (Å²) in [5.74, 6) is -0.820. The number of aromatic amines is 1. The van der Waals surface area contributed by atoms with Crippen LogP contribution in [0.2, 0.25) is 0 Å². The number of carbonyl (C=O) groups excluding carboxylic acids is 3. The highest BCUT2D eigenvalue weighted by molar-refractivity contribution is 5.91. The summed E-state index contributed by atoms with van der Waals surface area (Å²) in [6.45, 7) is 3.99. The van der Waals surface area contributed by atoms with Crippen LogP contribution >= 0.6 is 0 Å². The highest BCUT2D eigenvalue weighted by Gasteiger charge is 2.28. The van der Waals surface area contributed by atoms with E-state index in [1.165, 1.54) is 6.33 Å². The van der Waals surface area contributed by atoms with Crippen molar-refractivity contribution in [3.8, 4) is 0 Å². The Hall–Kier alpha value is -4.52. The molecule has 0 aliphatic carbocycles. The first-order valence-electron chi connectivity index (χ1n) is 14.1. The fourth-order valence-electron chi connectivity index (χ4n) is 5.00. The summed E-state index contributed by atoms with van der Waals surface area (Å²) in [7, 11) is 0. The Morgan fingerprint density at radius 2 is 1.66 bits per heavy atom. The molecule has 0 radical (unpaired) electrons. The Balaban J connectivity index is 1.58. The molecule has 1 aromatic heterocycles. The molecule has 0 fully saturated rings. The molecule has 0 saturated heterocycles. The van der Waals surface area contributed by atoms with Gasteiger partial charge in [0.2, 0.25) is 11.8 Å². The van der Waals surface area contributed by atoms with Crippen LogP contribution in [0.25, 0.3) is 16.8 Å². The van der Waals surface area contributed by atoms with Gasteiger partial charge < -0.3 is 20.4 Å². The normalized spacial score (nSPS) is 13.6. The van der Waals surface area contributed by atoms with Gasteiger partial charge in [-0.05, 0) is 47.1 Å². The quantitative estimate of drug-likeness (QED) is 0.186. The topological polar surface area (TPSA) is 104 Å². The van der Waals surface area contributed by atoms with E-state index in [0.29, 0.717) is 25.0 Å². The summed E-state index contributed by atoms with van der Waals surface area (Å²) >= 11 is 0. The van der Waals surface area contributed by atoms with Gasteiger partial charge >= 0.3 is 0 Å². The number of aldehydes is 1. The van der Waals surface area contributed by atoms with Crippen molar-refractivity contribution in [2.24, 2.45) is 11.8 Å². The number of H-pyrrole nitrogens is 1. The number of rotatable bonds is 14. The summed E-state index contributed by atoms with van der Waals surface area (Å²) in [5.41, 5.74) is 2.77. The van der Waals surface area contributed by atoms with Gasteiger partial charge in [-0.3, -0.25) is 9.59 Å². The minimum atomic E-state index is -0.881. The Morgan fingerprint density at radius 1 is 0.902 bits per heavy atom. The summed E-state index contributed by atoms with van der Waals surface area (Å²) < 4.78 is 0. The van der Waals surface area contributed by atoms with Gasteiger partial charge in [-0.1, -0.05) is 98.8 Å². The molecule has 1 unspecified atom stereocenters. The van der Waals surface area contributed by atoms with Crippen LogP contribution in [0.15, 0.2) is 91.4 Å². The molecule has 212 valence electrons. The van der Waals surface area contributed by atoms with E-state index in [2.05, 4.69) is 44.9 Å². The average molecular weight is 551 g/mol. The minimum absolute atomic E-state index is 0.204. The second kappa shape index (κ2) is 14.7. The highest BCUT2D eigenvalue weighted by Crippen LogP contribution is 2.23. The summed E-state index contributed by atoms with van der Waals surface area (Å²) in [6, 6.07) is 22.7. The largest absolute Gasteiger partial charge is 0.351 e. The smallest absolute Gasteiger partial charge is 0.243 e. The number of imidazole rings is 1. The molecule has 4 aromatic rings. The van der Waals surface area contributed by atoms with E-state index in [-0.39, 0.29) is 18.2 Å². The Morgan fingerprint density at radius 3 is 2.39 bits per heavy atom. The van der Waals surface area contributed by atoms with E-state index >= 15 is 0 Å². The lowest BCUT2D eigenvalue weighted by molar-refractivity contribution is -0.132. The Labute approximate surface area is 241 Å². The van der Waals surface area contributed by atoms with Crippen molar-refractivity contribution in [3.05, 3.63) is 108 Å². The zero-order valence-corrected chi connectivity index (χ0v) is 23.6. The lowest BCUT2D eigenvalue weighted by Crippen LogP contribution is -2.52. The van der Waals surface area contributed by atoms with E-state index < -0.39 is 23.9 Å². The number of hydrogen-bond acceptors (Lipinski definition) is 4. The lowest BCUT2D eigenvalue weighted by Gasteiger charge is -2.24. The number of allylic oxidation sites excluding steroid dienone is 1. The lowest BCUT2D eigenvalue weighted by atomic mass is 9.91. The number of carbonyl (C=O) groups is 3. The maximum atomic E-state index is 13.9. The molecule has 3 N–H and O–H groups in total. The van der Waals surface area contributed by atoms with Gasteiger partial charge in [0.15, 0.2) is 0 Å². The third kappa shape index (κ3) is 8.73. The Bertz CT molecular complexity index is 1440. The van der Waals surface area contributed by atoms with Crippen LogP contribution in [0.4, 0.5) is 0 Å². The summed E-state index contributed by atoms with van der Waals surface area (Å²) in [5, 5.41) is 8.04. The van der Waals surface area contributed by atoms with Gasteiger partial charge in [-0.15, -0.1) is 0 Å². The van der Waals surface area contributed by atoms with Gasteiger partial charge in [0.05, 0.1) is 18.1 Å². The molecule has 0 aliphatic heterocycles. The second-order valence-corrected chi connectivity index (χ2v) is 10.8. The third-order valence-electron chi connectivity index (χ3n) is 7.07. The zero-order chi connectivity index (χ0) is 29.0. The molecule has 2 amide bonds. The van der Waals surface area contributed by atoms with E-state index in [4.69, 9.17) is 0 Å². The van der Waals surface area contributed by atoms with Gasteiger partial charge in [-0.25, -0.2) is 4.98 Å². The molecule has 41 heavy (non-hydrogen) atoms. The molecule has 0 bridgehead atoms. The second-order valence-electron chi connectivity index (χ2n) is 10.8. The van der Waals surface area contributed by atoms with Crippen LogP contribution in [-0.2, 0) is 27.2 Å². The van der Waals surface area contributed by atoms with Crippen LogP contribution < -0.4 is 10.6 Å². The fraction of sp³-hybridized carbons (Fsp3) is 0.294. The van der Waals surface area contributed by atoms with Crippen molar-refractivity contribution in [1.82, 2.24) is 20.6 Å². The number of aromatic nitrogens is 2. The average Bonchev–Trinajstić information content (AvgIpc) is 3.49. The van der Waals surface area contributed by atoms with Crippen LogP contribution in [-0.4, -0.2) is 40.2 Å². The van der Waals surface area contributed by atoms with E-state index in [1.54, 1.807) is 6.20 Å². The van der Waals surface area contributed by atoms with Gasteiger partial charge in [-0.2, -0.15) is 0 Å². The maximum Gasteiger partial charge on any atom is 0.243 e. The monoisotopic (exact) mass is 550 g/mol. The SMILES string of the molecule is CC(C)C[C@@H](C=O)NC(=O)[C@H](Cc1c[nH]cn1)NC(=O)C(CC=Cc1ccccc1)Cc1cccc2ccccc12. The molecule has 7 nitrogen and oxygen atoms in total. The first kappa shape index (κ1) is 29.5. The van der Waals surface area contributed by atoms with Crippen LogP contribution in [0.5, 0.6) is 0 Å².